The fraction of sp³-hybridized carbons (Fsp3) is 0.652. The van der Waals surface area contributed by atoms with E-state index in [1.165, 1.54) is 0 Å². The molecule has 0 radical (unpaired) electrons. The number of carbonyl (C=O) groups excluding carboxylic acids is 2. The molecule has 1 aromatic rings. The first-order valence-electron chi connectivity index (χ1n) is 11.1. The molecule has 7 heteroatoms. The SMILES string of the molecule is CCCCN1C(=O)C(CCSC)NC12CCN(C(=O)COCc1ccccc1)CC2. The molecule has 6 nitrogen and oxygen atoms in total. The Hall–Kier alpha value is -1.57. The van der Waals surface area contributed by atoms with Gasteiger partial charge in [-0.1, -0.05) is 43.7 Å². The molecule has 2 heterocycles. The molecule has 2 aliphatic rings. The van der Waals surface area contributed by atoms with Gasteiger partial charge in [0.2, 0.25) is 11.8 Å². The van der Waals surface area contributed by atoms with Crippen LogP contribution in [0, 0.1) is 0 Å². The number of nitrogens with zero attached hydrogens (tertiary/aromatic N) is 2. The summed E-state index contributed by atoms with van der Waals surface area (Å²) in [5.41, 5.74) is 0.774. The third-order valence-corrected chi connectivity index (χ3v) is 6.79. The first kappa shape index (κ1) is 23.1. The third kappa shape index (κ3) is 5.56. The predicted octanol–water partition coefficient (Wildman–Crippen LogP) is 2.88. The van der Waals surface area contributed by atoms with Gasteiger partial charge < -0.3 is 14.5 Å². The highest BCUT2D eigenvalue weighted by atomic mass is 32.2. The Kier molecular flexibility index (Phi) is 8.60. The van der Waals surface area contributed by atoms with E-state index < -0.39 is 0 Å². The lowest BCUT2D eigenvalue weighted by Gasteiger charge is -2.44. The fourth-order valence-electron chi connectivity index (χ4n) is 4.40. The van der Waals surface area contributed by atoms with Gasteiger partial charge in [-0.25, -0.2) is 0 Å². The molecule has 1 unspecified atom stereocenters. The highest BCUT2D eigenvalue weighted by molar-refractivity contribution is 7.98. The summed E-state index contributed by atoms with van der Waals surface area (Å²) in [6.07, 6.45) is 6.58. The molecule has 166 valence electrons. The molecule has 1 N–H and O–H groups in total. The smallest absolute Gasteiger partial charge is 0.248 e. The van der Waals surface area contributed by atoms with Gasteiger partial charge in [0, 0.05) is 32.5 Å². The number of likely N-dealkylation sites (tertiary alicyclic amines) is 1. The summed E-state index contributed by atoms with van der Waals surface area (Å²) in [6, 6.07) is 9.81. The van der Waals surface area contributed by atoms with Crippen LogP contribution in [0.2, 0.25) is 0 Å². The fourth-order valence-corrected chi connectivity index (χ4v) is 4.87. The summed E-state index contributed by atoms with van der Waals surface area (Å²) in [6.45, 7) is 4.82. The first-order chi connectivity index (χ1) is 14.6. The quantitative estimate of drug-likeness (QED) is 0.615. The second-order valence-electron chi connectivity index (χ2n) is 8.21. The van der Waals surface area contributed by atoms with Gasteiger partial charge >= 0.3 is 0 Å². The second-order valence-corrected chi connectivity index (χ2v) is 9.20. The van der Waals surface area contributed by atoms with Crippen molar-refractivity contribution in [1.29, 1.82) is 0 Å². The normalized spacial score (nSPS) is 20.9. The molecule has 2 amide bonds. The molecule has 0 saturated carbocycles. The van der Waals surface area contributed by atoms with Crippen LogP contribution in [-0.4, -0.2) is 71.6 Å². The molecule has 3 rings (SSSR count). The zero-order valence-corrected chi connectivity index (χ0v) is 19.1. The van der Waals surface area contributed by atoms with E-state index >= 15 is 0 Å². The number of benzene rings is 1. The van der Waals surface area contributed by atoms with Crippen molar-refractivity contribution < 1.29 is 14.3 Å². The molecule has 0 bridgehead atoms. The largest absolute Gasteiger partial charge is 0.367 e. The minimum atomic E-state index is -0.295. The van der Waals surface area contributed by atoms with Gasteiger partial charge in [-0.05, 0) is 30.4 Å². The number of carbonyl (C=O) groups is 2. The molecule has 2 saturated heterocycles. The lowest BCUT2D eigenvalue weighted by molar-refractivity contribution is -0.140. The van der Waals surface area contributed by atoms with Crippen molar-refractivity contribution in [3.63, 3.8) is 0 Å². The standard InChI is InChI=1S/C23H35N3O3S/c1-3-4-13-26-22(28)20(10-16-30-2)24-23(26)11-14-25(15-12-23)21(27)18-29-17-19-8-6-5-7-9-19/h5-9,20,24H,3-4,10-18H2,1-2H3. The van der Waals surface area contributed by atoms with E-state index in [4.69, 9.17) is 4.74 Å². The number of nitrogens with one attached hydrogen (secondary N) is 1. The zero-order chi connectivity index (χ0) is 21.4. The Morgan fingerprint density at radius 3 is 2.67 bits per heavy atom. The minimum Gasteiger partial charge on any atom is -0.367 e. The number of unbranched alkanes of at least 4 members (excludes halogenated alkanes) is 1. The summed E-state index contributed by atoms with van der Waals surface area (Å²) in [4.78, 5) is 29.6. The molecular weight excluding hydrogens is 398 g/mol. The maximum absolute atomic E-state index is 13.0. The molecule has 1 atom stereocenters. The number of thioether (sulfide) groups is 1. The van der Waals surface area contributed by atoms with Crippen molar-refractivity contribution in [2.24, 2.45) is 0 Å². The van der Waals surface area contributed by atoms with Crippen LogP contribution in [-0.2, 0) is 20.9 Å². The number of piperidine rings is 1. The van der Waals surface area contributed by atoms with Gasteiger partial charge in [-0.3, -0.25) is 14.9 Å². The summed E-state index contributed by atoms with van der Waals surface area (Å²) in [5.74, 6) is 1.25. The summed E-state index contributed by atoms with van der Waals surface area (Å²) >= 11 is 1.78. The van der Waals surface area contributed by atoms with E-state index in [1.807, 2.05) is 35.2 Å². The predicted molar refractivity (Wildman–Crippen MR) is 121 cm³/mol. The lowest BCUT2D eigenvalue weighted by atomic mass is 9.95. The summed E-state index contributed by atoms with van der Waals surface area (Å²) in [7, 11) is 0. The van der Waals surface area contributed by atoms with Crippen LogP contribution in [0.5, 0.6) is 0 Å². The highest BCUT2D eigenvalue weighted by Gasteiger charge is 2.51. The van der Waals surface area contributed by atoms with Crippen LogP contribution in [0.3, 0.4) is 0 Å². The Labute approximate surface area is 184 Å². The van der Waals surface area contributed by atoms with Crippen LogP contribution in [0.4, 0.5) is 0 Å². The van der Waals surface area contributed by atoms with E-state index in [-0.39, 0.29) is 30.1 Å². The Morgan fingerprint density at radius 1 is 1.27 bits per heavy atom. The van der Waals surface area contributed by atoms with E-state index in [1.54, 1.807) is 11.8 Å². The van der Waals surface area contributed by atoms with Crippen LogP contribution in [0.1, 0.15) is 44.6 Å². The molecule has 30 heavy (non-hydrogen) atoms. The molecule has 0 aliphatic carbocycles. The van der Waals surface area contributed by atoms with E-state index in [0.29, 0.717) is 19.7 Å². The number of hydrogen-bond donors (Lipinski definition) is 1. The first-order valence-corrected chi connectivity index (χ1v) is 12.5. The van der Waals surface area contributed by atoms with Crippen molar-refractivity contribution >= 4 is 23.6 Å². The molecule has 1 spiro atoms. The number of rotatable bonds is 10. The number of ether oxygens (including phenoxy) is 1. The Balaban J connectivity index is 1.53. The molecular formula is C23H35N3O3S. The monoisotopic (exact) mass is 433 g/mol. The van der Waals surface area contributed by atoms with Gasteiger partial charge in [0.15, 0.2) is 0 Å². The van der Waals surface area contributed by atoms with Crippen LogP contribution < -0.4 is 5.32 Å². The van der Waals surface area contributed by atoms with E-state index in [0.717, 1.165) is 50.0 Å². The van der Waals surface area contributed by atoms with Crippen molar-refractivity contribution in [2.75, 3.05) is 38.2 Å². The lowest BCUT2D eigenvalue weighted by Crippen LogP contribution is -2.60. The topological polar surface area (TPSA) is 61.9 Å². The average Bonchev–Trinajstić information content (AvgIpc) is 3.02. The maximum Gasteiger partial charge on any atom is 0.248 e. The number of amides is 2. The Bertz CT molecular complexity index is 692. The average molecular weight is 434 g/mol. The van der Waals surface area contributed by atoms with Crippen LogP contribution in [0.15, 0.2) is 30.3 Å². The van der Waals surface area contributed by atoms with Crippen molar-refractivity contribution in [2.45, 2.75) is 57.3 Å². The molecule has 1 aromatic carbocycles. The second kappa shape index (κ2) is 11.2. The van der Waals surface area contributed by atoms with Gasteiger partial charge in [0.1, 0.15) is 6.61 Å². The number of hydrogen-bond acceptors (Lipinski definition) is 5. The van der Waals surface area contributed by atoms with E-state index in [2.05, 4.69) is 23.4 Å². The van der Waals surface area contributed by atoms with Crippen molar-refractivity contribution in [3.05, 3.63) is 35.9 Å². The highest BCUT2D eigenvalue weighted by Crippen LogP contribution is 2.33. The van der Waals surface area contributed by atoms with Crippen LogP contribution in [0.25, 0.3) is 0 Å². The third-order valence-electron chi connectivity index (χ3n) is 6.15. The van der Waals surface area contributed by atoms with Gasteiger partial charge in [-0.2, -0.15) is 11.8 Å². The van der Waals surface area contributed by atoms with Gasteiger partial charge in [-0.15, -0.1) is 0 Å². The van der Waals surface area contributed by atoms with Crippen molar-refractivity contribution in [3.8, 4) is 0 Å². The van der Waals surface area contributed by atoms with Gasteiger partial charge in [0.25, 0.3) is 0 Å². The van der Waals surface area contributed by atoms with E-state index in [9.17, 15) is 9.59 Å². The van der Waals surface area contributed by atoms with Crippen molar-refractivity contribution in [1.82, 2.24) is 15.1 Å². The molecule has 2 fully saturated rings. The zero-order valence-electron chi connectivity index (χ0n) is 18.3. The summed E-state index contributed by atoms with van der Waals surface area (Å²) in [5, 5.41) is 3.67. The van der Waals surface area contributed by atoms with Gasteiger partial charge in [0.05, 0.1) is 18.3 Å². The summed E-state index contributed by atoms with van der Waals surface area (Å²) < 4.78 is 5.63. The maximum atomic E-state index is 13.0. The molecule has 0 aromatic heterocycles. The molecule has 2 aliphatic heterocycles. The Morgan fingerprint density at radius 2 is 2.00 bits per heavy atom. The minimum absolute atomic E-state index is 0.0316. The van der Waals surface area contributed by atoms with Crippen LogP contribution >= 0.6 is 11.8 Å².